The molecule has 2 aliphatic rings. The maximum absolute atomic E-state index is 5.06. The van der Waals surface area contributed by atoms with Gasteiger partial charge in [0.05, 0.1) is 5.69 Å². The Morgan fingerprint density at radius 2 is 2.19 bits per heavy atom. The van der Waals surface area contributed by atoms with Gasteiger partial charge in [0.1, 0.15) is 0 Å². The Balaban J connectivity index is 1.90. The Labute approximate surface area is 133 Å². The lowest BCUT2D eigenvalue weighted by Gasteiger charge is -2.34. The summed E-state index contributed by atoms with van der Waals surface area (Å²) in [4.78, 5) is 9.11. The third-order valence-corrected chi connectivity index (χ3v) is 6.18. The van der Waals surface area contributed by atoms with E-state index >= 15 is 0 Å². The van der Waals surface area contributed by atoms with Crippen LogP contribution in [0.1, 0.15) is 70.0 Å². The molecule has 2 atom stereocenters. The van der Waals surface area contributed by atoms with Crippen molar-refractivity contribution in [3.63, 3.8) is 0 Å². The minimum Gasteiger partial charge on any atom is -0.345 e. The summed E-state index contributed by atoms with van der Waals surface area (Å²) in [7, 11) is 0. The van der Waals surface area contributed by atoms with E-state index in [4.69, 9.17) is 4.98 Å². The van der Waals surface area contributed by atoms with Crippen LogP contribution in [-0.4, -0.2) is 24.1 Å². The molecule has 1 aromatic rings. The van der Waals surface area contributed by atoms with Crippen molar-refractivity contribution in [1.29, 1.82) is 0 Å². The third kappa shape index (κ3) is 3.11. The summed E-state index contributed by atoms with van der Waals surface area (Å²) in [6.07, 6.45) is 6.35. The molecule has 2 unspecified atom stereocenters. The van der Waals surface area contributed by atoms with Gasteiger partial charge in [-0.1, -0.05) is 32.1 Å². The molecule has 1 aliphatic heterocycles. The third-order valence-electron chi connectivity index (χ3n) is 4.93. The van der Waals surface area contributed by atoms with Crippen molar-refractivity contribution in [2.45, 2.75) is 71.9 Å². The van der Waals surface area contributed by atoms with Crippen LogP contribution in [0.25, 0.3) is 0 Å². The van der Waals surface area contributed by atoms with Crippen molar-refractivity contribution in [2.24, 2.45) is 5.41 Å². The van der Waals surface area contributed by atoms with Gasteiger partial charge in [-0.05, 0) is 51.0 Å². The first-order valence-electron chi connectivity index (χ1n) is 8.50. The highest BCUT2D eigenvalue weighted by Crippen LogP contribution is 2.45. The first-order valence-corrected chi connectivity index (χ1v) is 9.31. The van der Waals surface area contributed by atoms with Crippen LogP contribution in [0.3, 0.4) is 0 Å². The topological polar surface area (TPSA) is 28.2 Å². The van der Waals surface area contributed by atoms with E-state index in [2.05, 4.69) is 37.9 Å². The van der Waals surface area contributed by atoms with Crippen LogP contribution >= 0.6 is 11.3 Å². The summed E-state index contributed by atoms with van der Waals surface area (Å²) in [5.74, 6) is 0. The van der Waals surface area contributed by atoms with Crippen LogP contribution < -0.4 is 10.2 Å². The van der Waals surface area contributed by atoms with Crippen molar-refractivity contribution in [3.05, 3.63) is 10.6 Å². The smallest absolute Gasteiger partial charge is 0.186 e. The zero-order chi connectivity index (χ0) is 15.0. The fourth-order valence-corrected chi connectivity index (χ4v) is 5.12. The molecule has 0 spiro atoms. The van der Waals surface area contributed by atoms with Crippen molar-refractivity contribution in [2.75, 3.05) is 18.0 Å². The number of anilines is 1. The van der Waals surface area contributed by atoms with Crippen LogP contribution in [0.4, 0.5) is 5.13 Å². The monoisotopic (exact) mass is 307 g/mol. The number of nitrogens with zero attached hydrogens (tertiary/aromatic N) is 2. The number of aromatic nitrogens is 1. The molecule has 118 valence electrons. The van der Waals surface area contributed by atoms with Crippen LogP contribution in [-0.2, 0) is 6.42 Å². The molecule has 0 bridgehead atoms. The molecule has 0 saturated carbocycles. The Morgan fingerprint density at radius 1 is 1.38 bits per heavy atom. The quantitative estimate of drug-likeness (QED) is 0.909. The minimum absolute atomic E-state index is 0.360. The normalized spacial score (nSPS) is 28.5. The van der Waals surface area contributed by atoms with Gasteiger partial charge in [-0.3, -0.25) is 0 Å². The molecule has 3 nitrogen and oxygen atoms in total. The van der Waals surface area contributed by atoms with Gasteiger partial charge in [-0.25, -0.2) is 4.98 Å². The number of fused-ring (bicyclic) bond motifs is 1. The minimum atomic E-state index is 0.360. The van der Waals surface area contributed by atoms with Gasteiger partial charge in [-0.15, -0.1) is 0 Å². The molecule has 3 rings (SSSR count). The van der Waals surface area contributed by atoms with E-state index in [9.17, 15) is 0 Å². The van der Waals surface area contributed by atoms with E-state index in [0.29, 0.717) is 17.5 Å². The van der Waals surface area contributed by atoms with Gasteiger partial charge < -0.3 is 10.2 Å². The number of thiazole rings is 1. The average molecular weight is 308 g/mol. The van der Waals surface area contributed by atoms with Crippen LogP contribution in [0.5, 0.6) is 0 Å². The maximum atomic E-state index is 5.06. The molecule has 0 amide bonds. The van der Waals surface area contributed by atoms with Gasteiger partial charge in [0, 0.05) is 23.5 Å². The number of hydrogen-bond donors (Lipinski definition) is 1. The zero-order valence-corrected chi connectivity index (χ0v) is 14.7. The predicted molar refractivity (Wildman–Crippen MR) is 91.3 cm³/mol. The highest BCUT2D eigenvalue weighted by atomic mass is 32.1. The Morgan fingerprint density at radius 3 is 2.90 bits per heavy atom. The summed E-state index contributed by atoms with van der Waals surface area (Å²) < 4.78 is 0. The van der Waals surface area contributed by atoms with Crippen molar-refractivity contribution in [3.8, 4) is 0 Å². The lowest BCUT2D eigenvalue weighted by atomic mass is 9.76. The van der Waals surface area contributed by atoms with Crippen molar-refractivity contribution >= 4 is 16.5 Å². The fraction of sp³-hybridized carbons (Fsp3) is 0.824. The Hall–Kier alpha value is -0.610. The van der Waals surface area contributed by atoms with Crippen molar-refractivity contribution in [1.82, 2.24) is 10.3 Å². The van der Waals surface area contributed by atoms with E-state index in [1.54, 1.807) is 0 Å². The first kappa shape index (κ1) is 15.3. The largest absolute Gasteiger partial charge is 0.345 e. The molecule has 1 N–H and O–H groups in total. The summed E-state index contributed by atoms with van der Waals surface area (Å²) in [6.45, 7) is 11.5. The van der Waals surface area contributed by atoms with Gasteiger partial charge in [0.25, 0.3) is 0 Å². The standard InChI is InChI=1S/C17H29N3S/c1-5-18-13-10-17(3,4)11-14-15(13)21-16(19-14)20-9-7-6-8-12(20)2/h12-13,18H,5-11H2,1-4H3. The second-order valence-electron chi connectivity index (χ2n) is 7.50. The highest BCUT2D eigenvalue weighted by Gasteiger charge is 2.35. The molecule has 2 heterocycles. The van der Waals surface area contributed by atoms with E-state index in [0.717, 1.165) is 13.0 Å². The van der Waals surface area contributed by atoms with Crippen LogP contribution in [0, 0.1) is 5.41 Å². The summed E-state index contributed by atoms with van der Waals surface area (Å²) >= 11 is 1.95. The van der Waals surface area contributed by atoms with E-state index in [1.165, 1.54) is 47.9 Å². The summed E-state index contributed by atoms with van der Waals surface area (Å²) in [6, 6.07) is 1.15. The molecule has 4 heteroatoms. The SMILES string of the molecule is CCNC1CC(C)(C)Cc2nc(N3CCCCC3C)sc21. The van der Waals surface area contributed by atoms with Crippen LogP contribution in [0.2, 0.25) is 0 Å². The molecule has 1 saturated heterocycles. The number of piperidine rings is 1. The Kier molecular flexibility index (Phi) is 4.28. The fourth-order valence-electron chi connectivity index (χ4n) is 3.84. The summed E-state index contributed by atoms with van der Waals surface area (Å²) in [5.41, 5.74) is 1.72. The number of nitrogens with one attached hydrogen (secondary N) is 1. The molecule has 1 fully saturated rings. The van der Waals surface area contributed by atoms with Crippen LogP contribution in [0.15, 0.2) is 0 Å². The second-order valence-corrected chi connectivity index (χ2v) is 8.51. The molecular weight excluding hydrogens is 278 g/mol. The summed E-state index contributed by atoms with van der Waals surface area (Å²) in [5, 5.41) is 4.95. The number of rotatable bonds is 3. The average Bonchev–Trinajstić information content (AvgIpc) is 2.81. The molecular formula is C17H29N3S. The van der Waals surface area contributed by atoms with E-state index in [1.807, 2.05) is 11.3 Å². The number of hydrogen-bond acceptors (Lipinski definition) is 4. The van der Waals surface area contributed by atoms with E-state index in [-0.39, 0.29) is 0 Å². The highest BCUT2D eigenvalue weighted by molar-refractivity contribution is 7.15. The lowest BCUT2D eigenvalue weighted by molar-refractivity contribution is 0.260. The van der Waals surface area contributed by atoms with Crippen molar-refractivity contribution < 1.29 is 0 Å². The molecule has 0 aromatic carbocycles. The lowest BCUT2D eigenvalue weighted by Crippen LogP contribution is -2.37. The maximum Gasteiger partial charge on any atom is 0.186 e. The van der Waals surface area contributed by atoms with Gasteiger partial charge in [-0.2, -0.15) is 0 Å². The molecule has 1 aromatic heterocycles. The molecule has 1 aliphatic carbocycles. The zero-order valence-electron chi connectivity index (χ0n) is 13.9. The molecule has 21 heavy (non-hydrogen) atoms. The predicted octanol–water partition coefficient (Wildman–Crippen LogP) is 4.14. The second kappa shape index (κ2) is 5.88. The Bertz CT molecular complexity index is 494. The first-order chi connectivity index (χ1) is 10.00. The van der Waals surface area contributed by atoms with E-state index < -0.39 is 0 Å². The van der Waals surface area contributed by atoms with Gasteiger partial charge in [0.15, 0.2) is 5.13 Å². The van der Waals surface area contributed by atoms with Gasteiger partial charge >= 0.3 is 0 Å². The van der Waals surface area contributed by atoms with Gasteiger partial charge in [0.2, 0.25) is 0 Å². The molecule has 0 radical (unpaired) electrons.